The van der Waals surface area contributed by atoms with E-state index in [1.54, 1.807) is 4.90 Å². The van der Waals surface area contributed by atoms with Gasteiger partial charge in [-0.25, -0.2) is 0 Å². The summed E-state index contributed by atoms with van der Waals surface area (Å²) in [5.41, 5.74) is 3.17. The first-order chi connectivity index (χ1) is 16.5. The van der Waals surface area contributed by atoms with Crippen LogP contribution in [0.15, 0.2) is 63.5 Å². The molecule has 0 bridgehead atoms. The van der Waals surface area contributed by atoms with Gasteiger partial charge in [-0.2, -0.15) is 0 Å². The molecular weight excluding hydrogens is 564 g/mol. The molecule has 1 amide bonds. The number of rotatable bonds is 7. The third kappa shape index (κ3) is 4.80. The molecule has 176 valence electrons. The van der Waals surface area contributed by atoms with Crippen molar-refractivity contribution in [3.05, 3.63) is 69.1 Å². The molecule has 1 saturated heterocycles. The number of amides is 1. The molecule has 4 aromatic rings. The van der Waals surface area contributed by atoms with Crippen LogP contribution in [0.1, 0.15) is 5.56 Å². The second kappa shape index (κ2) is 9.98. The van der Waals surface area contributed by atoms with E-state index in [0.29, 0.717) is 26.3 Å². The summed E-state index contributed by atoms with van der Waals surface area (Å²) in [6.07, 6.45) is -0.212. The molecule has 0 saturated carbocycles. The van der Waals surface area contributed by atoms with Gasteiger partial charge in [-0.15, -0.1) is 0 Å². The van der Waals surface area contributed by atoms with Crippen molar-refractivity contribution in [2.75, 3.05) is 32.9 Å². The van der Waals surface area contributed by atoms with E-state index in [0.717, 1.165) is 47.8 Å². The maximum Gasteiger partial charge on any atom is 0.248 e. The zero-order valence-corrected chi connectivity index (χ0v) is 21.8. The number of aromatic amines is 1. The number of nitrogens with zero attached hydrogens (tertiary/aromatic N) is 1. The molecule has 5 rings (SSSR count). The predicted octanol–water partition coefficient (Wildman–Crippen LogP) is 5.84. The standard InChI is InChI=1S/C26H24Br2N2O4/c1-16-4-2-3-5-22(16)32-11-10-30-13-18(33-15-24(30)31)14-34-23-9-8-21-25(26(23)28)19-12-17(27)6-7-20(19)29-21/h2-9,12,18,29H,10-11,13-15H2,1H3. The van der Waals surface area contributed by atoms with E-state index < -0.39 is 0 Å². The molecule has 34 heavy (non-hydrogen) atoms. The van der Waals surface area contributed by atoms with Gasteiger partial charge in [0.2, 0.25) is 5.91 Å². The zero-order valence-electron chi connectivity index (χ0n) is 18.6. The number of aryl methyl sites for hydroxylation is 1. The van der Waals surface area contributed by atoms with E-state index in [1.807, 2.05) is 49.4 Å². The number of H-pyrrole nitrogens is 1. The highest BCUT2D eigenvalue weighted by molar-refractivity contribution is 9.11. The summed E-state index contributed by atoms with van der Waals surface area (Å²) in [5, 5.41) is 2.18. The maximum absolute atomic E-state index is 12.3. The lowest BCUT2D eigenvalue weighted by Crippen LogP contribution is -2.49. The van der Waals surface area contributed by atoms with Crippen molar-refractivity contribution < 1.29 is 19.0 Å². The van der Waals surface area contributed by atoms with Crippen LogP contribution in [0.4, 0.5) is 0 Å². The molecule has 8 heteroatoms. The van der Waals surface area contributed by atoms with Crippen LogP contribution in [0.5, 0.6) is 11.5 Å². The lowest BCUT2D eigenvalue weighted by Gasteiger charge is -2.32. The molecule has 1 unspecified atom stereocenters. The summed E-state index contributed by atoms with van der Waals surface area (Å²) in [5.74, 6) is 1.55. The fourth-order valence-corrected chi connectivity index (χ4v) is 5.21. The highest BCUT2D eigenvalue weighted by atomic mass is 79.9. The Morgan fingerprint density at radius 2 is 1.88 bits per heavy atom. The van der Waals surface area contributed by atoms with Gasteiger partial charge in [0.05, 0.1) is 17.6 Å². The van der Waals surface area contributed by atoms with E-state index >= 15 is 0 Å². The molecule has 1 aliphatic rings. The first kappa shape index (κ1) is 23.2. The fourth-order valence-electron chi connectivity index (χ4n) is 4.18. The van der Waals surface area contributed by atoms with Crippen LogP contribution in [-0.4, -0.2) is 54.8 Å². The van der Waals surface area contributed by atoms with Crippen molar-refractivity contribution in [3.63, 3.8) is 0 Å². The van der Waals surface area contributed by atoms with Crippen LogP contribution in [-0.2, 0) is 9.53 Å². The van der Waals surface area contributed by atoms with Gasteiger partial charge < -0.3 is 24.1 Å². The van der Waals surface area contributed by atoms with Crippen LogP contribution in [0, 0.1) is 6.92 Å². The molecule has 6 nitrogen and oxygen atoms in total. The van der Waals surface area contributed by atoms with E-state index in [9.17, 15) is 4.79 Å². The minimum atomic E-state index is -0.212. The number of halogens is 2. The van der Waals surface area contributed by atoms with Gasteiger partial charge in [0, 0.05) is 26.3 Å². The fraction of sp³-hybridized carbons (Fsp3) is 0.269. The minimum absolute atomic E-state index is 0.0309. The van der Waals surface area contributed by atoms with E-state index in [-0.39, 0.29) is 18.6 Å². The Morgan fingerprint density at radius 1 is 1.06 bits per heavy atom. The number of benzene rings is 3. The monoisotopic (exact) mass is 586 g/mol. The smallest absolute Gasteiger partial charge is 0.248 e. The predicted molar refractivity (Wildman–Crippen MR) is 140 cm³/mol. The van der Waals surface area contributed by atoms with Crippen molar-refractivity contribution in [2.24, 2.45) is 0 Å². The molecular formula is C26H24Br2N2O4. The number of fused-ring (bicyclic) bond motifs is 3. The summed E-state index contributed by atoms with van der Waals surface area (Å²) in [4.78, 5) is 17.6. The number of morpholine rings is 1. The first-order valence-corrected chi connectivity index (χ1v) is 12.7. The average molecular weight is 588 g/mol. The normalized spacial score (nSPS) is 16.4. The Morgan fingerprint density at radius 3 is 2.74 bits per heavy atom. The topological polar surface area (TPSA) is 63.8 Å². The number of hydrogen-bond acceptors (Lipinski definition) is 4. The van der Waals surface area contributed by atoms with Gasteiger partial charge >= 0.3 is 0 Å². The largest absolute Gasteiger partial charge is 0.491 e. The summed E-state index contributed by atoms with van der Waals surface area (Å²) in [7, 11) is 0. The number of para-hydroxylation sites is 1. The molecule has 0 spiro atoms. The van der Waals surface area contributed by atoms with E-state index in [4.69, 9.17) is 14.2 Å². The van der Waals surface area contributed by atoms with Gasteiger partial charge in [0.1, 0.15) is 37.4 Å². The lowest BCUT2D eigenvalue weighted by atomic mass is 10.1. The third-order valence-corrected chi connectivity index (χ3v) is 7.26. The number of aromatic nitrogens is 1. The molecule has 3 aromatic carbocycles. The molecule has 1 fully saturated rings. The Balaban J connectivity index is 1.23. The number of hydrogen-bond donors (Lipinski definition) is 1. The average Bonchev–Trinajstić information content (AvgIpc) is 3.20. The molecule has 1 N–H and O–H groups in total. The molecule has 1 atom stereocenters. The summed E-state index contributed by atoms with van der Waals surface area (Å²) >= 11 is 7.29. The Hall–Kier alpha value is -2.55. The lowest BCUT2D eigenvalue weighted by molar-refractivity contribution is -0.151. The zero-order chi connectivity index (χ0) is 23.7. The molecule has 1 aliphatic heterocycles. The van der Waals surface area contributed by atoms with Gasteiger partial charge in [-0.1, -0.05) is 34.1 Å². The number of carbonyl (C=O) groups excluding carboxylic acids is 1. The Bertz CT molecular complexity index is 1350. The van der Waals surface area contributed by atoms with Gasteiger partial charge in [0.15, 0.2) is 0 Å². The highest BCUT2D eigenvalue weighted by Gasteiger charge is 2.27. The second-order valence-electron chi connectivity index (χ2n) is 8.31. The first-order valence-electron chi connectivity index (χ1n) is 11.1. The SMILES string of the molecule is Cc1ccccc1OCCN1CC(COc2ccc3[nH]c4ccc(Br)cc4c3c2Br)OCC1=O. The highest BCUT2D eigenvalue weighted by Crippen LogP contribution is 2.38. The Labute approximate surface area is 214 Å². The van der Waals surface area contributed by atoms with Gasteiger partial charge in [-0.3, -0.25) is 4.79 Å². The number of ether oxygens (including phenoxy) is 3. The molecule has 1 aromatic heterocycles. The van der Waals surface area contributed by atoms with Crippen molar-refractivity contribution in [1.29, 1.82) is 0 Å². The number of nitrogens with one attached hydrogen (secondary N) is 1. The van der Waals surface area contributed by atoms with Crippen molar-refractivity contribution >= 4 is 59.6 Å². The molecule has 2 heterocycles. The van der Waals surface area contributed by atoms with Gasteiger partial charge in [-0.05, 0) is 64.8 Å². The maximum atomic E-state index is 12.3. The van der Waals surface area contributed by atoms with Crippen LogP contribution >= 0.6 is 31.9 Å². The summed E-state index contributed by atoms with van der Waals surface area (Å²) < 4.78 is 19.7. The second-order valence-corrected chi connectivity index (χ2v) is 10.0. The minimum Gasteiger partial charge on any atom is -0.491 e. The third-order valence-electron chi connectivity index (χ3n) is 5.98. The number of carbonyl (C=O) groups is 1. The van der Waals surface area contributed by atoms with Gasteiger partial charge in [0.25, 0.3) is 0 Å². The summed E-state index contributed by atoms with van der Waals surface area (Å²) in [6.45, 7) is 3.81. The van der Waals surface area contributed by atoms with Crippen LogP contribution in [0.2, 0.25) is 0 Å². The quantitative estimate of drug-likeness (QED) is 0.295. The molecule has 0 aliphatic carbocycles. The van der Waals surface area contributed by atoms with Crippen LogP contribution in [0.3, 0.4) is 0 Å². The summed E-state index contributed by atoms with van der Waals surface area (Å²) in [6, 6.07) is 18.0. The van der Waals surface area contributed by atoms with Crippen LogP contribution in [0.25, 0.3) is 21.8 Å². The Kier molecular flexibility index (Phi) is 6.81. The van der Waals surface area contributed by atoms with Crippen molar-refractivity contribution in [3.8, 4) is 11.5 Å². The van der Waals surface area contributed by atoms with Crippen molar-refractivity contribution in [2.45, 2.75) is 13.0 Å². The van der Waals surface area contributed by atoms with E-state index in [2.05, 4.69) is 49.0 Å². The van der Waals surface area contributed by atoms with E-state index in [1.165, 1.54) is 0 Å². The van der Waals surface area contributed by atoms with Crippen LogP contribution < -0.4 is 9.47 Å². The van der Waals surface area contributed by atoms with Crippen molar-refractivity contribution in [1.82, 2.24) is 9.88 Å². The molecule has 0 radical (unpaired) electrons.